The molecule has 16 heavy (non-hydrogen) atoms. The van der Waals surface area contributed by atoms with E-state index in [4.69, 9.17) is 0 Å². The third-order valence-electron chi connectivity index (χ3n) is 2.73. The van der Waals surface area contributed by atoms with E-state index in [-0.39, 0.29) is 0 Å². The summed E-state index contributed by atoms with van der Waals surface area (Å²) >= 11 is 0. The van der Waals surface area contributed by atoms with E-state index in [1.807, 2.05) is 7.05 Å². The molecule has 0 aromatic heterocycles. The van der Waals surface area contributed by atoms with Crippen LogP contribution in [-0.2, 0) is 0 Å². The van der Waals surface area contributed by atoms with Gasteiger partial charge in [-0.3, -0.25) is 0 Å². The van der Waals surface area contributed by atoms with Crippen LogP contribution in [0.25, 0.3) is 0 Å². The Morgan fingerprint density at radius 2 is 1.56 bits per heavy atom. The second-order valence-electron chi connectivity index (χ2n) is 4.29. The quantitative estimate of drug-likeness (QED) is 0.739. The lowest BCUT2D eigenvalue weighted by Gasteiger charge is -2.20. The molecular formula is C13H23N3. The Kier molecular flexibility index (Phi) is 5.12. The minimum Gasteiger partial charge on any atom is -0.378 e. The molecule has 0 saturated carbocycles. The van der Waals surface area contributed by atoms with E-state index in [0.717, 1.165) is 13.1 Å². The molecule has 0 amide bonds. The second-order valence-corrected chi connectivity index (χ2v) is 4.29. The van der Waals surface area contributed by atoms with Crippen molar-refractivity contribution in [3.8, 4) is 0 Å². The highest BCUT2D eigenvalue weighted by Gasteiger charge is 2.01. The van der Waals surface area contributed by atoms with Gasteiger partial charge in [0, 0.05) is 39.1 Å². The maximum absolute atomic E-state index is 3.17. The molecule has 1 aromatic rings. The molecule has 1 N–H and O–H groups in total. The van der Waals surface area contributed by atoms with Gasteiger partial charge in [0.25, 0.3) is 0 Å². The van der Waals surface area contributed by atoms with Crippen molar-refractivity contribution >= 4 is 11.4 Å². The van der Waals surface area contributed by atoms with Gasteiger partial charge in [0.2, 0.25) is 0 Å². The van der Waals surface area contributed by atoms with Gasteiger partial charge in [-0.05, 0) is 44.3 Å². The van der Waals surface area contributed by atoms with Gasteiger partial charge >= 0.3 is 0 Å². The van der Waals surface area contributed by atoms with Crippen LogP contribution < -0.4 is 15.1 Å². The average Bonchev–Trinajstić information content (AvgIpc) is 2.29. The standard InChI is InChI=1S/C13H23N3/c1-14-10-5-11-16(4)13-8-6-12(7-9-13)15(2)3/h6-9,14H,5,10-11H2,1-4H3. The molecule has 0 aliphatic heterocycles. The Morgan fingerprint density at radius 1 is 1.00 bits per heavy atom. The maximum Gasteiger partial charge on any atom is 0.0365 e. The first-order chi connectivity index (χ1) is 7.65. The van der Waals surface area contributed by atoms with E-state index in [2.05, 4.69) is 60.5 Å². The van der Waals surface area contributed by atoms with Crippen molar-refractivity contribution in [3.05, 3.63) is 24.3 Å². The summed E-state index contributed by atoms with van der Waals surface area (Å²) < 4.78 is 0. The van der Waals surface area contributed by atoms with Gasteiger partial charge in [-0.2, -0.15) is 0 Å². The van der Waals surface area contributed by atoms with Gasteiger partial charge in [-0.1, -0.05) is 0 Å². The Bertz CT molecular complexity index is 293. The lowest BCUT2D eigenvalue weighted by atomic mass is 10.2. The molecule has 0 radical (unpaired) electrons. The molecule has 1 rings (SSSR count). The van der Waals surface area contributed by atoms with Crippen LogP contribution in [-0.4, -0.2) is 41.3 Å². The molecular weight excluding hydrogens is 198 g/mol. The maximum atomic E-state index is 3.17. The molecule has 0 heterocycles. The third-order valence-corrected chi connectivity index (χ3v) is 2.73. The number of benzene rings is 1. The van der Waals surface area contributed by atoms with Crippen LogP contribution >= 0.6 is 0 Å². The molecule has 0 bridgehead atoms. The lowest BCUT2D eigenvalue weighted by Crippen LogP contribution is -2.22. The van der Waals surface area contributed by atoms with Crippen LogP contribution in [0.2, 0.25) is 0 Å². The highest BCUT2D eigenvalue weighted by Crippen LogP contribution is 2.18. The third kappa shape index (κ3) is 3.74. The van der Waals surface area contributed by atoms with Gasteiger partial charge in [-0.25, -0.2) is 0 Å². The monoisotopic (exact) mass is 221 g/mol. The zero-order valence-electron chi connectivity index (χ0n) is 10.8. The molecule has 90 valence electrons. The predicted molar refractivity (Wildman–Crippen MR) is 72.6 cm³/mol. The van der Waals surface area contributed by atoms with Crippen molar-refractivity contribution in [1.82, 2.24) is 5.32 Å². The average molecular weight is 221 g/mol. The molecule has 0 atom stereocenters. The van der Waals surface area contributed by atoms with E-state index in [9.17, 15) is 0 Å². The summed E-state index contributed by atoms with van der Waals surface area (Å²) in [5, 5.41) is 3.17. The number of anilines is 2. The Morgan fingerprint density at radius 3 is 2.06 bits per heavy atom. The van der Waals surface area contributed by atoms with Gasteiger partial charge in [0.15, 0.2) is 0 Å². The number of hydrogen-bond donors (Lipinski definition) is 1. The molecule has 0 unspecified atom stereocenters. The normalized spacial score (nSPS) is 10.2. The Balaban J connectivity index is 2.52. The molecule has 0 fully saturated rings. The van der Waals surface area contributed by atoms with Crippen molar-refractivity contribution in [2.45, 2.75) is 6.42 Å². The van der Waals surface area contributed by atoms with Crippen LogP contribution in [0, 0.1) is 0 Å². The van der Waals surface area contributed by atoms with Crippen molar-refractivity contribution in [1.29, 1.82) is 0 Å². The summed E-state index contributed by atoms with van der Waals surface area (Å²) in [5.74, 6) is 0. The highest BCUT2D eigenvalue weighted by atomic mass is 15.1. The Labute approximate surface area is 99.1 Å². The van der Waals surface area contributed by atoms with Crippen LogP contribution in [0.5, 0.6) is 0 Å². The largest absolute Gasteiger partial charge is 0.378 e. The van der Waals surface area contributed by atoms with E-state index in [1.165, 1.54) is 17.8 Å². The van der Waals surface area contributed by atoms with Crippen LogP contribution in [0.3, 0.4) is 0 Å². The minimum atomic E-state index is 1.07. The molecule has 0 aliphatic carbocycles. The summed E-state index contributed by atoms with van der Waals surface area (Å²) in [6, 6.07) is 8.66. The Hall–Kier alpha value is -1.22. The number of nitrogens with one attached hydrogen (secondary N) is 1. The van der Waals surface area contributed by atoms with E-state index < -0.39 is 0 Å². The summed E-state index contributed by atoms with van der Waals surface area (Å²) in [4.78, 5) is 4.40. The van der Waals surface area contributed by atoms with Crippen LogP contribution in [0.4, 0.5) is 11.4 Å². The van der Waals surface area contributed by atoms with Gasteiger partial charge in [0.05, 0.1) is 0 Å². The van der Waals surface area contributed by atoms with E-state index in [1.54, 1.807) is 0 Å². The van der Waals surface area contributed by atoms with Crippen molar-refractivity contribution in [2.24, 2.45) is 0 Å². The lowest BCUT2D eigenvalue weighted by molar-refractivity contribution is 0.713. The SMILES string of the molecule is CNCCCN(C)c1ccc(N(C)C)cc1. The fourth-order valence-electron chi connectivity index (χ4n) is 1.63. The smallest absolute Gasteiger partial charge is 0.0365 e. The number of rotatable bonds is 6. The first-order valence-corrected chi connectivity index (χ1v) is 5.78. The molecule has 0 spiro atoms. The molecule has 3 heteroatoms. The zero-order valence-corrected chi connectivity index (χ0v) is 10.8. The first-order valence-electron chi connectivity index (χ1n) is 5.78. The summed E-state index contributed by atoms with van der Waals surface area (Å²) in [5.41, 5.74) is 2.52. The van der Waals surface area contributed by atoms with Crippen molar-refractivity contribution < 1.29 is 0 Å². The molecule has 0 saturated heterocycles. The van der Waals surface area contributed by atoms with Crippen LogP contribution in [0.15, 0.2) is 24.3 Å². The molecule has 3 nitrogen and oxygen atoms in total. The van der Waals surface area contributed by atoms with Gasteiger partial charge in [0.1, 0.15) is 0 Å². The van der Waals surface area contributed by atoms with E-state index >= 15 is 0 Å². The molecule has 1 aromatic carbocycles. The van der Waals surface area contributed by atoms with Gasteiger partial charge in [-0.15, -0.1) is 0 Å². The zero-order chi connectivity index (χ0) is 12.0. The minimum absolute atomic E-state index is 1.07. The van der Waals surface area contributed by atoms with Gasteiger partial charge < -0.3 is 15.1 Å². The fourth-order valence-corrected chi connectivity index (χ4v) is 1.63. The number of nitrogens with zero attached hydrogens (tertiary/aromatic N) is 2. The summed E-state index contributed by atoms with van der Waals surface area (Å²) in [6.45, 7) is 2.16. The topological polar surface area (TPSA) is 18.5 Å². The van der Waals surface area contributed by atoms with Crippen LogP contribution in [0.1, 0.15) is 6.42 Å². The van der Waals surface area contributed by atoms with Crippen molar-refractivity contribution in [3.63, 3.8) is 0 Å². The predicted octanol–water partition coefficient (Wildman–Crippen LogP) is 1.80. The first kappa shape index (κ1) is 12.8. The second kappa shape index (κ2) is 6.38. The van der Waals surface area contributed by atoms with Crippen molar-refractivity contribution in [2.75, 3.05) is 51.1 Å². The summed E-state index contributed by atoms with van der Waals surface area (Å²) in [6.07, 6.45) is 1.17. The summed E-state index contributed by atoms with van der Waals surface area (Å²) in [7, 11) is 8.25. The molecule has 0 aliphatic rings. The fraction of sp³-hybridized carbons (Fsp3) is 0.538. The highest BCUT2D eigenvalue weighted by molar-refractivity contribution is 5.55. The number of hydrogen-bond acceptors (Lipinski definition) is 3. The van der Waals surface area contributed by atoms with E-state index in [0.29, 0.717) is 0 Å².